The zero-order chi connectivity index (χ0) is 27.7. The van der Waals surface area contributed by atoms with Crippen LogP contribution in [0.2, 0.25) is 0 Å². The summed E-state index contributed by atoms with van der Waals surface area (Å²) >= 11 is 0. The molecule has 2 amide bonds. The molecule has 8 heteroatoms. The van der Waals surface area contributed by atoms with E-state index in [9.17, 15) is 19.5 Å². The Kier molecular flexibility index (Phi) is 9.23. The number of benzene rings is 1. The topological polar surface area (TPSA) is 118 Å². The lowest BCUT2D eigenvalue weighted by atomic mass is 9.90. The van der Waals surface area contributed by atoms with Crippen molar-refractivity contribution in [3.8, 4) is 11.8 Å². The molecule has 38 heavy (non-hydrogen) atoms. The zero-order valence-corrected chi connectivity index (χ0v) is 21.8. The SMILES string of the molecule is CC(NC(=O)OC(C)(C)C)C(=O)Nc1ccc(C2C=C(C(=O)O)C=CC=CC2)c(C#Cc2ccccc2)n1. The third kappa shape index (κ3) is 8.49. The number of allylic oxidation sites excluding steroid dienone is 4. The first-order valence-corrected chi connectivity index (χ1v) is 12.2. The van der Waals surface area contributed by atoms with Crippen molar-refractivity contribution in [1.29, 1.82) is 0 Å². The third-order valence-electron chi connectivity index (χ3n) is 5.34. The number of nitrogens with zero attached hydrogens (tertiary/aromatic N) is 1. The van der Waals surface area contributed by atoms with Gasteiger partial charge in [-0.3, -0.25) is 4.79 Å². The normalized spacial score (nSPS) is 15.6. The molecule has 196 valence electrons. The molecule has 0 saturated heterocycles. The number of hydrogen-bond donors (Lipinski definition) is 3. The molecule has 0 spiro atoms. The first kappa shape index (κ1) is 27.9. The van der Waals surface area contributed by atoms with Crippen molar-refractivity contribution in [2.75, 3.05) is 5.32 Å². The molecule has 2 aromatic rings. The van der Waals surface area contributed by atoms with Gasteiger partial charge in [-0.1, -0.05) is 54.5 Å². The lowest BCUT2D eigenvalue weighted by molar-refractivity contribution is -0.132. The maximum absolute atomic E-state index is 12.7. The van der Waals surface area contributed by atoms with Crippen molar-refractivity contribution in [1.82, 2.24) is 10.3 Å². The highest BCUT2D eigenvalue weighted by Gasteiger charge is 2.22. The molecular formula is C30H31N3O5. The second-order valence-corrected chi connectivity index (χ2v) is 9.66. The van der Waals surface area contributed by atoms with E-state index < -0.39 is 29.6 Å². The van der Waals surface area contributed by atoms with Gasteiger partial charge in [-0.2, -0.15) is 0 Å². The van der Waals surface area contributed by atoms with Crippen LogP contribution < -0.4 is 10.6 Å². The molecule has 3 N–H and O–H groups in total. The third-order valence-corrected chi connectivity index (χ3v) is 5.34. The van der Waals surface area contributed by atoms with E-state index in [2.05, 4.69) is 27.5 Å². The fourth-order valence-corrected chi connectivity index (χ4v) is 3.54. The molecule has 2 atom stereocenters. The minimum Gasteiger partial charge on any atom is -0.478 e. The lowest BCUT2D eigenvalue weighted by Crippen LogP contribution is -2.44. The van der Waals surface area contributed by atoms with Crippen molar-refractivity contribution < 1.29 is 24.2 Å². The number of carboxylic acids is 1. The number of amides is 2. The molecule has 1 aliphatic rings. The van der Waals surface area contributed by atoms with Gasteiger partial charge in [0.05, 0.1) is 5.57 Å². The van der Waals surface area contributed by atoms with Crippen molar-refractivity contribution in [2.24, 2.45) is 0 Å². The van der Waals surface area contributed by atoms with Crippen LogP contribution in [-0.4, -0.2) is 39.7 Å². The number of nitrogens with one attached hydrogen (secondary N) is 2. The molecule has 1 aromatic carbocycles. The van der Waals surface area contributed by atoms with Crippen LogP contribution in [-0.2, 0) is 14.3 Å². The van der Waals surface area contributed by atoms with Gasteiger partial charge in [0.15, 0.2) is 0 Å². The molecular weight excluding hydrogens is 482 g/mol. The lowest BCUT2D eigenvalue weighted by Gasteiger charge is -2.21. The summed E-state index contributed by atoms with van der Waals surface area (Å²) in [6, 6.07) is 11.9. The summed E-state index contributed by atoms with van der Waals surface area (Å²) in [6.45, 7) is 6.74. The summed E-state index contributed by atoms with van der Waals surface area (Å²) < 4.78 is 5.21. The number of aliphatic carboxylic acids is 1. The molecule has 0 saturated carbocycles. The van der Waals surface area contributed by atoms with Gasteiger partial charge in [-0.05, 0) is 69.9 Å². The highest BCUT2D eigenvalue weighted by molar-refractivity contribution is 5.95. The van der Waals surface area contributed by atoms with E-state index in [1.165, 1.54) is 6.92 Å². The molecule has 8 nitrogen and oxygen atoms in total. The van der Waals surface area contributed by atoms with Crippen LogP contribution in [0.4, 0.5) is 10.6 Å². The van der Waals surface area contributed by atoms with Gasteiger partial charge in [-0.15, -0.1) is 0 Å². The van der Waals surface area contributed by atoms with E-state index >= 15 is 0 Å². The quantitative estimate of drug-likeness (QED) is 0.488. The predicted octanol–water partition coefficient (Wildman–Crippen LogP) is 4.94. The summed E-state index contributed by atoms with van der Waals surface area (Å²) in [4.78, 5) is 41.1. The number of anilines is 1. The van der Waals surface area contributed by atoms with Crippen LogP contribution in [0.3, 0.4) is 0 Å². The number of hydrogen-bond acceptors (Lipinski definition) is 5. The number of ether oxygens (including phenoxy) is 1. The minimum absolute atomic E-state index is 0.167. The Morgan fingerprint density at radius 3 is 2.50 bits per heavy atom. The molecule has 0 bridgehead atoms. The van der Waals surface area contributed by atoms with E-state index in [4.69, 9.17) is 4.74 Å². The number of aromatic nitrogens is 1. The number of rotatable bonds is 5. The summed E-state index contributed by atoms with van der Waals surface area (Å²) in [5.74, 6) is 4.61. The second-order valence-electron chi connectivity index (χ2n) is 9.66. The van der Waals surface area contributed by atoms with Gasteiger partial charge in [0, 0.05) is 11.5 Å². The van der Waals surface area contributed by atoms with Crippen LogP contribution in [0.1, 0.15) is 56.9 Å². The molecule has 0 radical (unpaired) electrons. The van der Waals surface area contributed by atoms with Gasteiger partial charge >= 0.3 is 12.1 Å². The number of pyridine rings is 1. The van der Waals surface area contributed by atoms with E-state index in [0.717, 1.165) is 11.1 Å². The molecule has 1 aromatic heterocycles. The van der Waals surface area contributed by atoms with Gasteiger partial charge in [0.1, 0.15) is 23.2 Å². The Balaban J connectivity index is 1.92. The first-order valence-electron chi connectivity index (χ1n) is 12.2. The molecule has 1 heterocycles. The maximum atomic E-state index is 12.7. The fourth-order valence-electron chi connectivity index (χ4n) is 3.54. The molecule has 3 rings (SSSR count). The van der Waals surface area contributed by atoms with Crippen LogP contribution in [0, 0.1) is 11.8 Å². The summed E-state index contributed by atoms with van der Waals surface area (Å²) in [5.41, 5.74) is 1.39. The zero-order valence-electron chi connectivity index (χ0n) is 21.8. The van der Waals surface area contributed by atoms with Crippen LogP contribution in [0.15, 0.2) is 78.4 Å². The van der Waals surface area contributed by atoms with Gasteiger partial charge in [-0.25, -0.2) is 14.6 Å². The Labute approximate surface area is 222 Å². The van der Waals surface area contributed by atoms with Crippen LogP contribution >= 0.6 is 0 Å². The molecule has 1 aliphatic carbocycles. The van der Waals surface area contributed by atoms with Crippen molar-refractivity contribution in [3.05, 3.63) is 95.2 Å². The van der Waals surface area contributed by atoms with Crippen LogP contribution in [0.5, 0.6) is 0 Å². The summed E-state index contributed by atoms with van der Waals surface area (Å²) in [6.07, 6.45) is 8.51. The number of alkyl carbamates (subject to hydrolysis) is 1. The standard InChI is InChI=1S/C30H31N3O5/c1-20(31-29(37)38-30(2,3)4)27(34)33-26-18-16-24(22-13-9-6-10-14-23(19-22)28(35)36)25(32-26)17-15-21-11-7-5-8-12-21/h5-12,14,16,18-20,22H,13H2,1-4H3,(H,31,37)(H,35,36)(H,32,33,34). The van der Waals surface area contributed by atoms with Crippen molar-refractivity contribution >= 4 is 23.8 Å². The second kappa shape index (κ2) is 12.5. The Morgan fingerprint density at radius 2 is 1.82 bits per heavy atom. The Hall–Kier alpha value is -4.64. The number of carbonyl (C=O) groups is 3. The largest absolute Gasteiger partial charge is 0.478 e. The number of carboxylic acid groups (broad SMARTS) is 1. The average Bonchev–Trinajstić information content (AvgIpc) is 2.82. The highest BCUT2D eigenvalue weighted by atomic mass is 16.6. The smallest absolute Gasteiger partial charge is 0.408 e. The van der Waals surface area contributed by atoms with Gasteiger partial charge in [0.2, 0.25) is 5.91 Å². The van der Waals surface area contributed by atoms with Crippen molar-refractivity contribution in [2.45, 2.75) is 51.7 Å². The van der Waals surface area contributed by atoms with E-state index in [1.54, 1.807) is 57.2 Å². The maximum Gasteiger partial charge on any atom is 0.408 e. The minimum atomic E-state index is -1.03. The average molecular weight is 514 g/mol. The highest BCUT2D eigenvalue weighted by Crippen LogP contribution is 2.28. The van der Waals surface area contributed by atoms with Crippen molar-refractivity contribution in [3.63, 3.8) is 0 Å². The summed E-state index contributed by atoms with van der Waals surface area (Å²) in [5, 5.41) is 14.8. The van der Waals surface area contributed by atoms with E-state index in [0.29, 0.717) is 12.1 Å². The predicted molar refractivity (Wildman–Crippen MR) is 145 cm³/mol. The molecule has 2 unspecified atom stereocenters. The monoisotopic (exact) mass is 513 g/mol. The fraction of sp³-hybridized carbons (Fsp3) is 0.267. The Morgan fingerprint density at radius 1 is 1.08 bits per heavy atom. The first-order chi connectivity index (χ1) is 18.0. The van der Waals surface area contributed by atoms with E-state index in [-0.39, 0.29) is 17.3 Å². The molecule has 0 fully saturated rings. The number of carbonyl (C=O) groups excluding carboxylic acids is 2. The van der Waals surface area contributed by atoms with Crippen LogP contribution in [0.25, 0.3) is 0 Å². The van der Waals surface area contributed by atoms with E-state index in [1.807, 2.05) is 36.4 Å². The summed E-state index contributed by atoms with van der Waals surface area (Å²) in [7, 11) is 0. The van der Waals surface area contributed by atoms with Gasteiger partial charge < -0.3 is 20.5 Å². The van der Waals surface area contributed by atoms with Gasteiger partial charge in [0.25, 0.3) is 0 Å². The Bertz CT molecular complexity index is 1340. The molecule has 0 aliphatic heterocycles.